The molecular formula is C18H25N3O5. The first-order valence-electron chi connectivity index (χ1n) is 8.42. The van der Waals surface area contributed by atoms with E-state index in [1.54, 1.807) is 25.1 Å². The lowest BCUT2D eigenvalue weighted by Gasteiger charge is -2.23. The maximum atomic E-state index is 12.9. The van der Waals surface area contributed by atoms with Crippen LogP contribution < -0.4 is 20.1 Å². The van der Waals surface area contributed by atoms with Crippen LogP contribution in [0.4, 0.5) is 4.79 Å². The number of carbonyl (C=O) groups is 3. The summed E-state index contributed by atoms with van der Waals surface area (Å²) in [5, 5.41) is 5.42. The Hall–Kier alpha value is -2.77. The van der Waals surface area contributed by atoms with Gasteiger partial charge in [-0.05, 0) is 38.0 Å². The average molecular weight is 363 g/mol. The SMILES string of the molecule is CCC(C)NC(=O)CN1C(=O)NC(C)(c2ccc(OC)c(OC)c2)C1=O. The highest BCUT2D eigenvalue weighted by Crippen LogP contribution is 2.35. The van der Waals surface area contributed by atoms with E-state index in [1.165, 1.54) is 14.2 Å². The van der Waals surface area contributed by atoms with Gasteiger partial charge in [-0.2, -0.15) is 0 Å². The molecule has 1 fully saturated rings. The fourth-order valence-electron chi connectivity index (χ4n) is 2.75. The molecule has 1 saturated heterocycles. The van der Waals surface area contributed by atoms with Gasteiger partial charge >= 0.3 is 6.03 Å². The predicted molar refractivity (Wildman–Crippen MR) is 95.0 cm³/mol. The Morgan fingerprint density at radius 2 is 1.92 bits per heavy atom. The van der Waals surface area contributed by atoms with E-state index in [4.69, 9.17) is 9.47 Å². The van der Waals surface area contributed by atoms with Crippen molar-refractivity contribution in [2.24, 2.45) is 0 Å². The van der Waals surface area contributed by atoms with Crippen LogP contribution in [-0.4, -0.2) is 49.6 Å². The number of ether oxygens (including phenoxy) is 2. The van der Waals surface area contributed by atoms with Crippen molar-refractivity contribution in [2.45, 2.75) is 38.8 Å². The van der Waals surface area contributed by atoms with Crippen molar-refractivity contribution in [1.29, 1.82) is 0 Å². The zero-order valence-corrected chi connectivity index (χ0v) is 15.7. The van der Waals surface area contributed by atoms with Gasteiger partial charge in [0.2, 0.25) is 5.91 Å². The van der Waals surface area contributed by atoms with Crippen LogP contribution in [-0.2, 0) is 15.1 Å². The number of hydrogen-bond donors (Lipinski definition) is 2. The van der Waals surface area contributed by atoms with Crippen LogP contribution in [0.1, 0.15) is 32.8 Å². The van der Waals surface area contributed by atoms with E-state index < -0.39 is 17.5 Å². The molecule has 0 aromatic heterocycles. The number of imide groups is 1. The molecule has 2 rings (SSSR count). The molecule has 0 spiro atoms. The number of hydrogen-bond acceptors (Lipinski definition) is 5. The zero-order chi connectivity index (χ0) is 19.5. The maximum Gasteiger partial charge on any atom is 0.325 e. The molecule has 142 valence electrons. The van der Waals surface area contributed by atoms with Gasteiger partial charge in [-0.1, -0.05) is 13.0 Å². The lowest BCUT2D eigenvalue weighted by Crippen LogP contribution is -2.44. The quantitative estimate of drug-likeness (QED) is 0.714. The minimum absolute atomic E-state index is 0.0273. The monoisotopic (exact) mass is 363 g/mol. The van der Waals surface area contributed by atoms with Crippen LogP contribution >= 0.6 is 0 Å². The Kier molecular flexibility index (Phi) is 5.74. The number of methoxy groups -OCH3 is 2. The van der Waals surface area contributed by atoms with Crippen molar-refractivity contribution < 1.29 is 23.9 Å². The van der Waals surface area contributed by atoms with Crippen LogP contribution in [0.15, 0.2) is 18.2 Å². The van der Waals surface area contributed by atoms with Crippen molar-refractivity contribution in [2.75, 3.05) is 20.8 Å². The number of urea groups is 1. The fraction of sp³-hybridized carbons (Fsp3) is 0.500. The Morgan fingerprint density at radius 3 is 2.50 bits per heavy atom. The zero-order valence-electron chi connectivity index (χ0n) is 15.7. The first-order valence-corrected chi connectivity index (χ1v) is 8.42. The van der Waals surface area contributed by atoms with Gasteiger partial charge in [-0.3, -0.25) is 14.5 Å². The van der Waals surface area contributed by atoms with Crippen molar-refractivity contribution >= 4 is 17.8 Å². The van der Waals surface area contributed by atoms with Crippen molar-refractivity contribution in [1.82, 2.24) is 15.5 Å². The van der Waals surface area contributed by atoms with E-state index in [-0.39, 0.29) is 18.5 Å². The third kappa shape index (κ3) is 3.58. The number of rotatable bonds is 7. The highest BCUT2D eigenvalue weighted by molar-refractivity contribution is 6.09. The number of nitrogens with one attached hydrogen (secondary N) is 2. The second-order valence-corrected chi connectivity index (χ2v) is 6.39. The van der Waals surface area contributed by atoms with Gasteiger partial charge in [0.15, 0.2) is 11.5 Å². The molecule has 1 aliphatic heterocycles. The minimum atomic E-state index is -1.28. The summed E-state index contributed by atoms with van der Waals surface area (Å²) >= 11 is 0. The minimum Gasteiger partial charge on any atom is -0.493 e. The second kappa shape index (κ2) is 7.63. The van der Waals surface area contributed by atoms with Gasteiger partial charge in [0.05, 0.1) is 14.2 Å². The van der Waals surface area contributed by atoms with E-state index in [0.717, 1.165) is 11.3 Å². The van der Waals surface area contributed by atoms with E-state index in [0.29, 0.717) is 17.1 Å². The lowest BCUT2D eigenvalue weighted by molar-refractivity contribution is -0.135. The summed E-state index contributed by atoms with van der Waals surface area (Å²) in [6.45, 7) is 5.07. The van der Waals surface area contributed by atoms with E-state index in [9.17, 15) is 14.4 Å². The Bertz CT molecular complexity index is 721. The van der Waals surface area contributed by atoms with E-state index in [2.05, 4.69) is 10.6 Å². The molecule has 1 aromatic carbocycles. The van der Waals surface area contributed by atoms with E-state index >= 15 is 0 Å². The average Bonchev–Trinajstić information content (AvgIpc) is 2.84. The molecule has 0 saturated carbocycles. The third-order valence-corrected chi connectivity index (χ3v) is 4.56. The summed E-state index contributed by atoms with van der Waals surface area (Å²) in [4.78, 5) is 38.2. The standard InChI is InChI=1S/C18H25N3O5/c1-6-11(2)19-15(22)10-21-16(23)18(3,20-17(21)24)12-7-8-13(25-4)14(9-12)26-5/h7-9,11H,6,10H2,1-5H3,(H,19,22)(H,20,24). The number of nitrogens with zero attached hydrogens (tertiary/aromatic N) is 1. The van der Waals surface area contributed by atoms with Gasteiger partial charge in [0, 0.05) is 6.04 Å². The van der Waals surface area contributed by atoms with Crippen LogP contribution in [0.5, 0.6) is 11.5 Å². The summed E-state index contributed by atoms with van der Waals surface area (Å²) in [6.07, 6.45) is 0.759. The summed E-state index contributed by atoms with van der Waals surface area (Å²) in [5.41, 5.74) is -0.744. The Morgan fingerprint density at radius 1 is 1.27 bits per heavy atom. The Labute approximate surface area is 152 Å². The number of amides is 4. The normalized spacial score (nSPS) is 20.6. The summed E-state index contributed by atoms with van der Waals surface area (Å²) in [5.74, 6) is 0.0936. The molecular weight excluding hydrogens is 338 g/mol. The van der Waals surface area contributed by atoms with Crippen LogP contribution in [0, 0.1) is 0 Å². The van der Waals surface area contributed by atoms with Crippen molar-refractivity contribution in [3.05, 3.63) is 23.8 Å². The van der Waals surface area contributed by atoms with Crippen LogP contribution in [0.2, 0.25) is 0 Å². The molecule has 0 aliphatic carbocycles. The molecule has 1 heterocycles. The molecule has 8 heteroatoms. The summed E-state index contributed by atoms with van der Waals surface area (Å²) in [6, 6.07) is 4.35. The van der Waals surface area contributed by atoms with Crippen molar-refractivity contribution in [3.8, 4) is 11.5 Å². The van der Waals surface area contributed by atoms with Gasteiger partial charge in [0.25, 0.3) is 5.91 Å². The molecule has 1 aromatic rings. The molecule has 1 aliphatic rings. The van der Waals surface area contributed by atoms with Gasteiger partial charge in [0.1, 0.15) is 12.1 Å². The van der Waals surface area contributed by atoms with Crippen LogP contribution in [0.3, 0.4) is 0 Å². The summed E-state index contributed by atoms with van der Waals surface area (Å²) in [7, 11) is 3.00. The van der Waals surface area contributed by atoms with Gasteiger partial charge < -0.3 is 20.1 Å². The highest BCUT2D eigenvalue weighted by atomic mass is 16.5. The van der Waals surface area contributed by atoms with Crippen LogP contribution in [0.25, 0.3) is 0 Å². The van der Waals surface area contributed by atoms with Crippen molar-refractivity contribution in [3.63, 3.8) is 0 Å². The largest absolute Gasteiger partial charge is 0.493 e. The second-order valence-electron chi connectivity index (χ2n) is 6.39. The number of benzene rings is 1. The molecule has 2 atom stereocenters. The summed E-state index contributed by atoms with van der Waals surface area (Å²) < 4.78 is 10.5. The third-order valence-electron chi connectivity index (χ3n) is 4.56. The molecule has 26 heavy (non-hydrogen) atoms. The van der Waals surface area contributed by atoms with Gasteiger partial charge in [-0.25, -0.2) is 4.79 Å². The molecule has 0 radical (unpaired) electrons. The maximum absolute atomic E-state index is 12.9. The number of carbonyl (C=O) groups excluding carboxylic acids is 3. The van der Waals surface area contributed by atoms with E-state index in [1.807, 2.05) is 13.8 Å². The Balaban J connectivity index is 2.24. The smallest absolute Gasteiger partial charge is 0.325 e. The molecule has 0 bridgehead atoms. The molecule has 4 amide bonds. The highest BCUT2D eigenvalue weighted by Gasteiger charge is 2.49. The lowest BCUT2D eigenvalue weighted by atomic mass is 9.91. The fourth-order valence-corrected chi connectivity index (χ4v) is 2.75. The first-order chi connectivity index (χ1) is 12.3. The predicted octanol–water partition coefficient (Wildman–Crippen LogP) is 1.39. The molecule has 2 N–H and O–H groups in total. The first kappa shape index (κ1) is 19.6. The molecule has 2 unspecified atom stereocenters. The molecule has 8 nitrogen and oxygen atoms in total. The topological polar surface area (TPSA) is 97.0 Å². The van der Waals surface area contributed by atoms with Gasteiger partial charge in [-0.15, -0.1) is 0 Å².